The van der Waals surface area contributed by atoms with E-state index >= 15 is 0 Å². The molecule has 21 heavy (non-hydrogen) atoms. The van der Waals surface area contributed by atoms with Crippen molar-refractivity contribution < 1.29 is 9.47 Å². The number of aromatic nitrogens is 2. The molecule has 2 aliphatic rings. The molecule has 0 aliphatic heterocycles. The fourth-order valence-corrected chi connectivity index (χ4v) is 3.95. The molecular formula is C16H25N3O2. The van der Waals surface area contributed by atoms with Gasteiger partial charge in [0.15, 0.2) is 0 Å². The third kappa shape index (κ3) is 2.71. The molecule has 2 atom stereocenters. The maximum Gasteiger partial charge on any atom is 0.226 e. The number of ether oxygens (including phenoxy) is 2. The van der Waals surface area contributed by atoms with Gasteiger partial charge in [0, 0.05) is 30.3 Å². The van der Waals surface area contributed by atoms with E-state index in [0.29, 0.717) is 24.0 Å². The van der Waals surface area contributed by atoms with E-state index in [-0.39, 0.29) is 5.41 Å². The molecule has 3 rings (SSSR count). The van der Waals surface area contributed by atoms with Gasteiger partial charge >= 0.3 is 0 Å². The van der Waals surface area contributed by atoms with Crippen LogP contribution in [0.1, 0.15) is 45.4 Å². The highest BCUT2D eigenvalue weighted by Gasteiger charge is 2.55. The lowest BCUT2D eigenvalue weighted by Crippen LogP contribution is -2.62. The monoisotopic (exact) mass is 291 g/mol. The van der Waals surface area contributed by atoms with Crippen LogP contribution in [0.15, 0.2) is 12.3 Å². The van der Waals surface area contributed by atoms with Gasteiger partial charge in [0.2, 0.25) is 11.8 Å². The van der Waals surface area contributed by atoms with E-state index in [2.05, 4.69) is 22.2 Å². The van der Waals surface area contributed by atoms with Crippen LogP contribution in [-0.2, 0) is 4.74 Å². The maximum atomic E-state index is 5.98. The Morgan fingerprint density at radius 2 is 2.14 bits per heavy atom. The quantitative estimate of drug-likeness (QED) is 0.903. The van der Waals surface area contributed by atoms with Crippen molar-refractivity contribution in [2.45, 2.75) is 57.6 Å². The van der Waals surface area contributed by atoms with Gasteiger partial charge in [-0.15, -0.1) is 0 Å². The summed E-state index contributed by atoms with van der Waals surface area (Å²) >= 11 is 0. The number of nitrogens with one attached hydrogen (secondary N) is 1. The first kappa shape index (κ1) is 14.6. The number of hydrogen-bond acceptors (Lipinski definition) is 5. The zero-order valence-corrected chi connectivity index (χ0v) is 13.0. The van der Waals surface area contributed by atoms with E-state index in [1.54, 1.807) is 19.4 Å². The van der Waals surface area contributed by atoms with Gasteiger partial charge in [0.25, 0.3) is 0 Å². The van der Waals surface area contributed by atoms with Crippen molar-refractivity contribution in [3.05, 3.63) is 12.3 Å². The SMILES string of the molecule is CCO[C@H]1C[C@H](Nc2nccc(OC)n2)C12CCCCC2. The van der Waals surface area contributed by atoms with Crippen LogP contribution in [0.2, 0.25) is 0 Å². The summed E-state index contributed by atoms with van der Waals surface area (Å²) in [5.41, 5.74) is 0.278. The minimum absolute atomic E-state index is 0.278. The van der Waals surface area contributed by atoms with Gasteiger partial charge in [0.05, 0.1) is 13.2 Å². The topological polar surface area (TPSA) is 56.3 Å². The summed E-state index contributed by atoms with van der Waals surface area (Å²) in [4.78, 5) is 8.69. The molecule has 0 aromatic carbocycles. The third-order valence-electron chi connectivity index (χ3n) is 5.08. The van der Waals surface area contributed by atoms with Crippen molar-refractivity contribution in [3.63, 3.8) is 0 Å². The van der Waals surface area contributed by atoms with E-state index < -0.39 is 0 Å². The summed E-state index contributed by atoms with van der Waals surface area (Å²) in [6.45, 7) is 2.89. The molecule has 1 aromatic rings. The number of anilines is 1. The smallest absolute Gasteiger partial charge is 0.226 e. The first-order valence-electron chi connectivity index (χ1n) is 8.03. The lowest BCUT2D eigenvalue weighted by Gasteiger charge is -2.57. The molecule has 116 valence electrons. The van der Waals surface area contributed by atoms with Crippen LogP contribution >= 0.6 is 0 Å². The summed E-state index contributed by atoms with van der Waals surface area (Å²) in [6, 6.07) is 2.19. The second-order valence-electron chi connectivity index (χ2n) is 6.09. The average molecular weight is 291 g/mol. The van der Waals surface area contributed by atoms with Gasteiger partial charge < -0.3 is 14.8 Å². The summed E-state index contributed by atoms with van der Waals surface area (Å²) in [5.74, 6) is 1.27. The average Bonchev–Trinajstić information content (AvgIpc) is 2.55. The molecule has 0 unspecified atom stereocenters. The molecule has 1 heterocycles. The Hall–Kier alpha value is -1.36. The van der Waals surface area contributed by atoms with Crippen LogP contribution in [0.4, 0.5) is 5.95 Å². The van der Waals surface area contributed by atoms with Gasteiger partial charge in [-0.2, -0.15) is 4.98 Å². The van der Waals surface area contributed by atoms with E-state index in [1.807, 2.05) is 0 Å². The zero-order valence-electron chi connectivity index (χ0n) is 13.0. The van der Waals surface area contributed by atoms with Crippen molar-refractivity contribution in [2.24, 2.45) is 5.41 Å². The molecule has 2 saturated carbocycles. The number of rotatable bonds is 5. The maximum absolute atomic E-state index is 5.98. The highest BCUT2D eigenvalue weighted by atomic mass is 16.5. The van der Waals surface area contributed by atoms with Gasteiger partial charge in [-0.1, -0.05) is 19.3 Å². The van der Waals surface area contributed by atoms with Crippen LogP contribution in [0.25, 0.3) is 0 Å². The molecular weight excluding hydrogens is 266 g/mol. The third-order valence-corrected chi connectivity index (χ3v) is 5.08. The molecule has 1 spiro atoms. The Balaban J connectivity index is 1.72. The largest absolute Gasteiger partial charge is 0.481 e. The minimum Gasteiger partial charge on any atom is -0.481 e. The fraction of sp³-hybridized carbons (Fsp3) is 0.750. The van der Waals surface area contributed by atoms with Crippen molar-refractivity contribution in [3.8, 4) is 5.88 Å². The van der Waals surface area contributed by atoms with E-state index in [0.717, 1.165) is 13.0 Å². The van der Waals surface area contributed by atoms with Gasteiger partial charge in [0.1, 0.15) is 0 Å². The summed E-state index contributed by atoms with van der Waals surface area (Å²) < 4.78 is 11.1. The summed E-state index contributed by atoms with van der Waals surface area (Å²) in [7, 11) is 1.63. The van der Waals surface area contributed by atoms with E-state index in [4.69, 9.17) is 9.47 Å². The van der Waals surface area contributed by atoms with E-state index in [9.17, 15) is 0 Å². The molecule has 2 aliphatic carbocycles. The molecule has 1 N–H and O–H groups in total. The van der Waals surface area contributed by atoms with Crippen molar-refractivity contribution in [1.29, 1.82) is 0 Å². The molecule has 0 amide bonds. The van der Waals surface area contributed by atoms with Crippen LogP contribution in [0, 0.1) is 5.41 Å². The second kappa shape index (κ2) is 6.18. The van der Waals surface area contributed by atoms with E-state index in [1.165, 1.54) is 32.1 Å². The number of nitrogens with zero attached hydrogens (tertiary/aromatic N) is 2. The standard InChI is InChI=1S/C16H25N3O2/c1-3-21-13-11-12(16(13)8-5-4-6-9-16)18-15-17-10-7-14(19-15)20-2/h7,10,12-13H,3-6,8-9,11H2,1-2H3,(H,17,18,19)/t12-,13-/m0/s1. The lowest BCUT2D eigenvalue weighted by molar-refractivity contribution is -0.134. The molecule has 2 fully saturated rings. The van der Waals surface area contributed by atoms with Crippen LogP contribution in [-0.4, -0.2) is 35.8 Å². The Bertz CT molecular complexity index is 474. The number of methoxy groups -OCH3 is 1. The normalized spacial score (nSPS) is 27.1. The molecule has 0 saturated heterocycles. The zero-order chi connectivity index (χ0) is 14.7. The van der Waals surface area contributed by atoms with Gasteiger partial charge in [-0.05, 0) is 26.2 Å². The first-order chi connectivity index (χ1) is 10.3. The summed E-state index contributed by atoms with van der Waals surface area (Å²) in [6.07, 6.45) is 9.64. The molecule has 0 radical (unpaired) electrons. The predicted octanol–water partition coefficient (Wildman–Crippen LogP) is 3.03. The van der Waals surface area contributed by atoms with Gasteiger partial charge in [-0.3, -0.25) is 0 Å². The lowest BCUT2D eigenvalue weighted by atomic mass is 9.55. The fourth-order valence-electron chi connectivity index (χ4n) is 3.95. The Kier molecular flexibility index (Phi) is 4.29. The number of hydrogen-bond donors (Lipinski definition) is 1. The Labute approximate surface area is 126 Å². The Morgan fingerprint density at radius 1 is 1.33 bits per heavy atom. The Morgan fingerprint density at radius 3 is 2.86 bits per heavy atom. The predicted molar refractivity (Wildman–Crippen MR) is 81.5 cm³/mol. The van der Waals surface area contributed by atoms with Crippen LogP contribution in [0.3, 0.4) is 0 Å². The van der Waals surface area contributed by atoms with Crippen molar-refractivity contribution >= 4 is 5.95 Å². The first-order valence-corrected chi connectivity index (χ1v) is 8.03. The molecule has 5 heteroatoms. The molecule has 5 nitrogen and oxygen atoms in total. The second-order valence-corrected chi connectivity index (χ2v) is 6.09. The van der Waals surface area contributed by atoms with Crippen molar-refractivity contribution in [2.75, 3.05) is 19.0 Å². The van der Waals surface area contributed by atoms with Gasteiger partial charge in [-0.25, -0.2) is 4.98 Å². The van der Waals surface area contributed by atoms with Crippen LogP contribution < -0.4 is 10.1 Å². The summed E-state index contributed by atoms with van der Waals surface area (Å²) in [5, 5.41) is 3.52. The van der Waals surface area contributed by atoms with Crippen LogP contribution in [0.5, 0.6) is 5.88 Å². The van der Waals surface area contributed by atoms with Crippen molar-refractivity contribution in [1.82, 2.24) is 9.97 Å². The highest BCUT2D eigenvalue weighted by molar-refractivity contribution is 5.32. The molecule has 0 bridgehead atoms. The highest BCUT2D eigenvalue weighted by Crippen LogP contribution is 2.54. The minimum atomic E-state index is 0.278. The molecule has 1 aromatic heterocycles.